The molecule has 132 valence electrons. The predicted octanol–water partition coefficient (Wildman–Crippen LogP) is 2.30. The fourth-order valence-corrected chi connectivity index (χ4v) is 2.93. The molecule has 6 heteroatoms. The monoisotopic (exact) mass is 334 g/mol. The van der Waals surface area contributed by atoms with Crippen molar-refractivity contribution in [3.63, 3.8) is 0 Å². The lowest BCUT2D eigenvalue weighted by atomic mass is 9.98. The number of carbonyl (C=O) groups is 2. The van der Waals surface area contributed by atoms with Crippen LogP contribution in [0.25, 0.3) is 0 Å². The molecule has 1 aliphatic rings. The second kappa shape index (κ2) is 9.27. The summed E-state index contributed by atoms with van der Waals surface area (Å²) in [4.78, 5) is 26.2. The number of ether oxygens (including phenoxy) is 2. The van der Waals surface area contributed by atoms with Crippen LogP contribution in [0.3, 0.4) is 0 Å². The number of carbonyl (C=O) groups excluding carboxylic acids is 2. The molecule has 1 fully saturated rings. The Kier molecular flexibility index (Phi) is 7.06. The number of methoxy groups -OCH3 is 1. The molecular formula is C18H26N2O4. The number of hydrogen-bond donors (Lipinski definition) is 1. The van der Waals surface area contributed by atoms with Crippen molar-refractivity contribution >= 4 is 17.6 Å². The number of rotatable bonds is 7. The molecule has 1 atom stereocenters. The van der Waals surface area contributed by atoms with Crippen LogP contribution in [0, 0.1) is 5.92 Å². The van der Waals surface area contributed by atoms with Gasteiger partial charge in [0.1, 0.15) is 5.75 Å². The quantitative estimate of drug-likeness (QED) is 0.775. The Labute approximate surface area is 143 Å². The van der Waals surface area contributed by atoms with Gasteiger partial charge in [-0.15, -0.1) is 0 Å². The van der Waals surface area contributed by atoms with Crippen molar-refractivity contribution < 1.29 is 19.1 Å². The maximum Gasteiger partial charge on any atom is 0.310 e. The summed E-state index contributed by atoms with van der Waals surface area (Å²) < 4.78 is 10.3. The van der Waals surface area contributed by atoms with E-state index in [1.54, 1.807) is 7.11 Å². The second-order valence-corrected chi connectivity index (χ2v) is 5.89. The third kappa shape index (κ3) is 5.23. The maximum absolute atomic E-state index is 12.2. The predicted molar refractivity (Wildman–Crippen MR) is 92.0 cm³/mol. The molecule has 0 aromatic heterocycles. The first kappa shape index (κ1) is 18.3. The average Bonchev–Trinajstić information content (AvgIpc) is 2.61. The first-order valence-electron chi connectivity index (χ1n) is 8.46. The summed E-state index contributed by atoms with van der Waals surface area (Å²) in [7, 11) is 1.58. The van der Waals surface area contributed by atoms with Gasteiger partial charge in [0.15, 0.2) is 0 Å². The van der Waals surface area contributed by atoms with Crippen LogP contribution in [0.1, 0.15) is 26.2 Å². The minimum atomic E-state index is -0.124. The molecule has 1 heterocycles. The number of benzene rings is 1. The van der Waals surface area contributed by atoms with Crippen LogP contribution in [0.15, 0.2) is 24.3 Å². The van der Waals surface area contributed by atoms with Crippen molar-refractivity contribution in [3.8, 4) is 5.75 Å². The summed E-state index contributed by atoms with van der Waals surface area (Å²) in [5.41, 5.74) is 0.674. The first-order valence-corrected chi connectivity index (χ1v) is 8.46. The lowest BCUT2D eigenvalue weighted by Gasteiger charge is -2.31. The molecule has 0 unspecified atom stereocenters. The molecular weight excluding hydrogens is 308 g/mol. The molecule has 1 aromatic carbocycles. The zero-order valence-electron chi connectivity index (χ0n) is 14.4. The van der Waals surface area contributed by atoms with Gasteiger partial charge in [-0.1, -0.05) is 12.1 Å². The minimum absolute atomic E-state index is 0.0576. The Balaban J connectivity index is 1.80. The largest absolute Gasteiger partial charge is 0.495 e. The van der Waals surface area contributed by atoms with Crippen molar-refractivity contribution in [2.75, 3.05) is 38.7 Å². The summed E-state index contributed by atoms with van der Waals surface area (Å²) in [5, 5.41) is 2.87. The molecule has 0 spiro atoms. The number of hydrogen-bond acceptors (Lipinski definition) is 5. The van der Waals surface area contributed by atoms with Gasteiger partial charge in [0.2, 0.25) is 5.91 Å². The number of nitrogens with one attached hydrogen (secondary N) is 1. The fourth-order valence-electron chi connectivity index (χ4n) is 2.93. The van der Waals surface area contributed by atoms with Crippen LogP contribution in [-0.4, -0.2) is 50.1 Å². The molecule has 6 nitrogen and oxygen atoms in total. The van der Waals surface area contributed by atoms with Gasteiger partial charge in [-0.3, -0.25) is 9.59 Å². The number of anilines is 1. The first-order chi connectivity index (χ1) is 11.6. The highest BCUT2D eigenvalue weighted by Gasteiger charge is 2.26. The number of amides is 1. The summed E-state index contributed by atoms with van der Waals surface area (Å²) in [6.07, 6.45) is 2.20. The Hall–Kier alpha value is -2.08. The molecule has 1 N–H and O–H groups in total. The van der Waals surface area contributed by atoms with Gasteiger partial charge in [0, 0.05) is 19.5 Å². The van der Waals surface area contributed by atoms with Gasteiger partial charge in [-0.2, -0.15) is 0 Å². The standard InChI is InChI=1S/C18H26N2O4/c1-3-24-18(22)14-7-6-11-20(13-14)12-10-17(21)19-15-8-4-5-9-16(15)23-2/h4-5,8-9,14H,3,6-7,10-13H2,1-2H3,(H,19,21)/t14-/m0/s1. The van der Waals surface area contributed by atoms with E-state index in [2.05, 4.69) is 10.2 Å². The molecule has 0 saturated carbocycles. The number of piperidine rings is 1. The third-order valence-corrected chi connectivity index (χ3v) is 4.16. The van der Waals surface area contributed by atoms with Crippen molar-refractivity contribution in [2.24, 2.45) is 5.92 Å². The van der Waals surface area contributed by atoms with Gasteiger partial charge in [0.25, 0.3) is 0 Å². The number of likely N-dealkylation sites (tertiary alicyclic amines) is 1. The van der Waals surface area contributed by atoms with E-state index < -0.39 is 0 Å². The molecule has 0 aliphatic carbocycles. The van der Waals surface area contributed by atoms with Gasteiger partial charge < -0.3 is 19.7 Å². The van der Waals surface area contributed by atoms with Crippen LogP contribution >= 0.6 is 0 Å². The second-order valence-electron chi connectivity index (χ2n) is 5.89. The lowest BCUT2D eigenvalue weighted by Crippen LogP contribution is -2.40. The van der Waals surface area contributed by atoms with E-state index in [1.165, 1.54) is 0 Å². The molecule has 1 saturated heterocycles. The third-order valence-electron chi connectivity index (χ3n) is 4.16. The van der Waals surface area contributed by atoms with E-state index in [9.17, 15) is 9.59 Å². The van der Waals surface area contributed by atoms with Gasteiger partial charge in [-0.05, 0) is 38.4 Å². The Morgan fingerprint density at radius 2 is 2.12 bits per heavy atom. The van der Waals surface area contributed by atoms with E-state index in [0.29, 0.717) is 37.6 Å². The van der Waals surface area contributed by atoms with Crippen LogP contribution in [-0.2, 0) is 14.3 Å². The van der Waals surface area contributed by atoms with Crippen LogP contribution < -0.4 is 10.1 Å². The molecule has 1 aromatic rings. The van der Waals surface area contributed by atoms with E-state index in [4.69, 9.17) is 9.47 Å². The number of nitrogens with zero attached hydrogens (tertiary/aromatic N) is 1. The Bertz CT molecular complexity index is 562. The average molecular weight is 334 g/mol. The minimum Gasteiger partial charge on any atom is -0.495 e. The van der Waals surface area contributed by atoms with Gasteiger partial charge in [-0.25, -0.2) is 0 Å². The van der Waals surface area contributed by atoms with Gasteiger partial charge in [0.05, 0.1) is 25.3 Å². The van der Waals surface area contributed by atoms with Crippen LogP contribution in [0.4, 0.5) is 5.69 Å². The fraction of sp³-hybridized carbons (Fsp3) is 0.556. The van der Waals surface area contributed by atoms with Gasteiger partial charge >= 0.3 is 5.97 Å². The Morgan fingerprint density at radius 1 is 1.33 bits per heavy atom. The highest BCUT2D eigenvalue weighted by atomic mass is 16.5. The summed E-state index contributed by atoms with van der Waals surface area (Å²) in [6.45, 7) is 4.45. The highest BCUT2D eigenvalue weighted by molar-refractivity contribution is 5.92. The number of esters is 1. The van der Waals surface area contributed by atoms with E-state index in [1.807, 2.05) is 31.2 Å². The lowest BCUT2D eigenvalue weighted by molar-refractivity contribution is -0.149. The molecule has 0 radical (unpaired) electrons. The Morgan fingerprint density at radius 3 is 2.88 bits per heavy atom. The van der Waals surface area contributed by atoms with Crippen LogP contribution in [0.5, 0.6) is 5.75 Å². The smallest absolute Gasteiger partial charge is 0.310 e. The highest BCUT2D eigenvalue weighted by Crippen LogP contribution is 2.23. The number of para-hydroxylation sites is 2. The summed E-state index contributed by atoms with van der Waals surface area (Å²) >= 11 is 0. The molecule has 1 aliphatic heterocycles. The normalized spacial score (nSPS) is 18.0. The van der Waals surface area contributed by atoms with Crippen molar-refractivity contribution in [2.45, 2.75) is 26.2 Å². The maximum atomic E-state index is 12.2. The van der Waals surface area contributed by atoms with E-state index in [-0.39, 0.29) is 17.8 Å². The molecule has 1 amide bonds. The summed E-state index contributed by atoms with van der Waals surface area (Å²) in [5.74, 6) is 0.389. The summed E-state index contributed by atoms with van der Waals surface area (Å²) in [6, 6.07) is 7.34. The topological polar surface area (TPSA) is 67.9 Å². The zero-order valence-corrected chi connectivity index (χ0v) is 14.4. The SMILES string of the molecule is CCOC(=O)[C@H]1CCCN(CCC(=O)Nc2ccccc2OC)C1. The molecule has 24 heavy (non-hydrogen) atoms. The molecule has 0 bridgehead atoms. The van der Waals surface area contributed by atoms with Crippen molar-refractivity contribution in [1.82, 2.24) is 4.90 Å². The van der Waals surface area contributed by atoms with Crippen molar-refractivity contribution in [1.29, 1.82) is 0 Å². The zero-order chi connectivity index (χ0) is 17.4. The van der Waals surface area contributed by atoms with E-state index >= 15 is 0 Å². The van der Waals surface area contributed by atoms with Crippen LogP contribution in [0.2, 0.25) is 0 Å². The van der Waals surface area contributed by atoms with Crippen molar-refractivity contribution in [3.05, 3.63) is 24.3 Å². The van der Waals surface area contributed by atoms with E-state index in [0.717, 1.165) is 19.4 Å². The molecule has 2 rings (SSSR count).